The summed E-state index contributed by atoms with van der Waals surface area (Å²) in [5, 5.41) is 3.02. The van der Waals surface area contributed by atoms with E-state index in [1.165, 1.54) is 0 Å². The number of methoxy groups -OCH3 is 2. The van der Waals surface area contributed by atoms with Crippen molar-refractivity contribution < 1.29 is 14.3 Å². The van der Waals surface area contributed by atoms with Gasteiger partial charge in [0.2, 0.25) is 5.91 Å². The molecule has 1 amide bonds. The Bertz CT molecular complexity index is 665. The lowest BCUT2D eigenvalue weighted by Gasteiger charge is -2.15. The normalized spacial score (nSPS) is 11.7. The van der Waals surface area contributed by atoms with Crippen LogP contribution in [0, 0.1) is 6.92 Å². The van der Waals surface area contributed by atoms with E-state index in [0.29, 0.717) is 6.42 Å². The lowest BCUT2D eigenvalue weighted by Crippen LogP contribution is -2.28. The number of benzene rings is 2. The predicted octanol–water partition coefficient (Wildman–Crippen LogP) is 3.43. The van der Waals surface area contributed by atoms with Crippen LogP contribution >= 0.6 is 0 Å². The molecule has 23 heavy (non-hydrogen) atoms. The molecule has 122 valence electrons. The molecule has 0 spiro atoms. The molecule has 2 aromatic carbocycles. The van der Waals surface area contributed by atoms with Gasteiger partial charge in [0.05, 0.1) is 26.7 Å². The second-order valence-corrected chi connectivity index (χ2v) is 5.54. The molecule has 0 bridgehead atoms. The molecule has 0 radical (unpaired) electrons. The van der Waals surface area contributed by atoms with Crippen LogP contribution in [-0.4, -0.2) is 20.1 Å². The Balaban J connectivity index is 1.96. The SMILES string of the molecule is COc1ccc([C@H](C)NC(=O)Cc2ccc(OC)c(C)c2)cc1. The van der Waals surface area contributed by atoms with Gasteiger partial charge in [-0.2, -0.15) is 0 Å². The maximum atomic E-state index is 12.2. The molecular weight excluding hydrogens is 290 g/mol. The van der Waals surface area contributed by atoms with Crippen molar-refractivity contribution in [1.82, 2.24) is 5.32 Å². The van der Waals surface area contributed by atoms with Crippen molar-refractivity contribution in [2.24, 2.45) is 0 Å². The number of nitrogens with one attached hydrogen (secondary N) is 1. The number of hydrogen-bond donors (Lipinski definition) is 1. The van der Waals surface area contributed by atoms with E-state index < -0.39 is 0 Å². The third kappa shape index (κ3) is 4.49. The molecule has 0 aromatic heterocycles. The van der Waals surface area contributed by atoms with E-state index in [4.69, 9.17) is 9.47 Å². The molecule has 0 heterocycles. The van der Waals surface area contributed by atoms with Gasteiger partial charge in [-0.3, -0.25) is 4.79 Å². The van der Waals surface area contributed by atoms with Crippen LogP contribution in [0.15, 0.2) is 42.5 Å². The standard InChI is InChI=1S/C19H23NO3/c1-13-11-15(5-10-18(13)23-4)12-19(21)20-14(2)16-6-8-17(22-3)9-7-16/h5-11,14H,12H2,1-4H3,(H,20,21)/t14-/m0/s1. The minimum Gasteiger partial charge on any atom is -0.497 e. The summed E-state index contributed by atoms with van der Waals surface area (Å²) in [4.78, 5) is 12.2. The number of aryl methyl sites for hydroxylation is 1. The highest BCUT2D eigenvalue weighted by Gasteiger charge is 2.11. The molecule has 0 unspecified atom stereocenters. The highest BCUT2D eigenvalue weighted by molar-refractivity contribution is 5.79. The van der Waals surface area contributed by atoms with E-state index in [0.717, 1.165) is 28.2 Å². The van der Waals surface area contributed by atoms with E-state index in [1.54, 1.807) is 14.2 Å². The monoisotopic (exact) mass is 313 g/mol. The molecule has 0 aliphatic heterocycles. The smallest absolute Gasteiger partial charge is 0.224 e. The van der Waals surface area contributed by atoms with Crippen molar-refractivity contribution >= 4 is 5.91 Å². The molecule has 4 heteroatoms. The minimum absolute atomic E-state index is 0.00196. The van der Waals surface area contributed by atoms with Crippen LogP contribution in [0.5, 0.6) is 11.5 Å². The van der Waals surface area contributed by atoms with Crippen molar-refractivity contribution in [3.8, 4) is 11.5 Å². The molecule has 2 rings (SSSR count). The van der Waals surface area contributed by atoms with Gasteiger partial charge < -0.3 is 14.8 Å². The summed E-state index contributed by atoms with van der Waals surface area (Å²) in [5.41, 5.74) is 3.05. The zero-order chi connectivity index (χ0) is 16.8. The van der Waals surface area contributed by atoms with E-state index in [1.807, 2.05) is 56.3 Å². The fourth-order valence-electron chi connectivity index (χ4n) is 2.50. The second-order valence-electron chi connectivity index (χ2n) is 5.54. The molecule has 2 aromatic rings. The van der Waals surface area contributed by atoms with Crippen LogP contribution in [-0.2, 0) is 11.2 Å². The van der Waals surface area contributed by atoms with Crippen molar-refractivity contribution in [2.75, 3.05) is 14.2 Å². The number of amides is 1. The summed E-state index contributed by atoms with van der Waals surface area (Å²) in [6.45, 7) is 3.94. The highest BCUT2D eigenvalue weighted by Crippen LogP contribution is 2.20. The van der Waals surface area contributed by atoms with Crippen molar-refractivity contribution in [3.05, 3.63) is 59.2 Å². The van der Waals surface area contributed by atoms with E-state index in [-0.39, 0.29) is 11.9 Å². The van der Waals surface area contributed by atoms with Crippen LogP contribution < -0.4 is 14.8 Å². The Hall–Kier alpha value is -2.49. The van der Waals surface area contributed by atoms with Crippen molar-refractivity contribution in [1.29, 1.82) is 0 Å². The Morgan fingerprint density at radius 3 is 2.35 bits per heavy atom. The van der Waals surface area contributed by atoms with Crippen molar-refractivity contribution in [3.63, 3.8) is 0 Å². The van der Waals surface area contributed by atoms with Crippen LogP contribution in [0.25, 0.3) is 0 Å². The van der Waals surface area contributed by atoms with E-state index in [9.17, 15) is 4.79 Å². The van der Waals surface area contributed by atoms with Crippen LogP contribution in [0.2, 0.25) is 0 Å². The molecule has 0 saturated carbocycles. The van der Waals surface area contributed by atoms with Gasteiger partial charge in [-0.05, 0) is 48.7 Å². The molecule has 0 fully saturated rings. The number of carbonyl (C=O) groups is 1. The third-order valence-electron chi connectivity index (χ3n) is 3.82. The lowest BCUT2D eigenvalue weighted by molar-refractivity contribution is -0.121. The first-order valence-electron chi connectivity index (χ1n) is 7.60. The quantitative estimate of drug-likeness (QED) is 0.889. The summed E-state index contributed by atoms with van der Waals surface area (Å²) in [5.74, 6) is 1.64. The minimum atomic E-state index is -0.0484. The van der Waals surface area contributed by atoms with E-state index >= 15 is 0 Å². The molecule has 0 saturated heterocycles. The van der Waals surface area contributed by atoms with Crippen molar-refractivity contribution in [2.45, 2.75) is 26.3 Å². The predicted molar refractivity (Wildman–Crippen MR) is 91.0 cm³/mol. The molecule has 4 nitrogen and oxygen atoms in total. The zero-order valence-electron chi connectivity index (χ0n) is 14.1. The Morgan fingerprint density at radius 1 is 1.09 bits per heavy atom. The summed E-state index contributed by atoms with van der Waals surface area (Å²) in [7, 11) is 3.28. The summed E-state index contributed by atoms with van der Waals surface area (Å²) in [6, 6.07) is 13.5. The van der Waals surface area contributed by atoms with Crippen LogP contribution in [0.4, 0.5) is 0 Å². The fraction of sp³-hybridized carbons (Fsp3) is 0.316. The first-order chi connectivity index (χ1) is 11.0. The van der Waals surface area contributed by atoms with Gasteiger partial charge in [0.15, 0.2) is 0 Å². The molecule has 1 atom stereocenters. The van der Waals surface area contributed by atoms with Gasteiger partial charge in [-0.1, -0.05) is 24.3 Å². The highest BCUT2D eigenvalue weighted by atomic mass is 16.5. The van der Waals surface area contributed by atoms with Gasteiger partial charge >= 0.3 is 0 Å². The summed E-state index contributed by atoms with van der Waals surface area (Å²) < 4.78 is 10.4. The van der Waals surface area contributed by atoms with Gasteiger partial charge in [0, 0.05) is 0 Å². The fourth-order valence-corrected chi connectivity index (χ4v) is 2.50. The first kappa shape index (κ1) is 16.9. The average Bonchev–Trinajstić information content (AvgIpc) is 2.55. The average molecular weight is 313 g/mol. The maximum Gasteiger partial charge on any atom is 0.224 e. The number of hydrogen-bond acceptors (Lipinski definition) is 3. The van der Waals surface area contributed by atoms with Gasteiger partial charge in [0.1, 0.15) is 11.5 Å². The maximum absolute atomic E-state index is 12.2. The van der Waals surface area contributed by atoms with Crippen LogP contribution in [0.3, 0.4) is 0 Å². The Labute approximate surface area is 137 Å². The van der Waals surface area contributed by atoms with Crippen LogP contribution in [0.1, 0.15) is 29.7 Å². The van der Waals surface area contributed by atoms with E-state index in [2.05, 4.69) is 5.32 Å². The van der Waals surface area contributed by atoms with Gasteiger partial charge in [-0.25, -0.2) is 0 Å². The number of carbonyl (C=O) groups excluding carboxylic acids is 1. The number of rotatable bonds is 6. The molecule has 0 aliphatic rings. The zero-order valence-corrected chi connectivity index (χ0v) is 14.1. The Morgan fingerprint density at radius 2 is 1.78 bits per heavy atom. The molecule has 1 N–H and O–H groups in total. The molecular formula is C19H23NO3. The molecule has 0 aliphatic carbocycles. The first-order valence-corrected chi connectivity index (χ1v) is 7.60. The Kier molecular flexibility index (Phi) is 5.63. The summed E-state index contributed by atoms with van der Waals surface area (Å²) in [6.07, 6.45) is 0.353. The van der Waals surface area contributed by atoms with Gasteiger partial charge in [-0.15, -0.1) is 0 Å². The lowest BCUT2D eigenvalue weighted by atomic mass is 10.1. The topological polar surface area (TPSA) is 47.6 Å². The number of ether oxygens (including phenoxy) is 2. The second kappa shape index (κ2) is 7.68. The third-order valence-corrected chi connectivity index (χ3v) is 3.82. The largest absolute Gasteiger partial charge is 0.497 e. The van der Waals surface area contributed by atoms with Gasteiger partial charge in [0.25, 0.3) is 0 Å². The summed E-state index contributed by atoms with van der Waals surface area (Å²) >= 11 is 0.